The van der Waals surface area contributed by atoms with Crippen molar-refractivity contribution in [1.29, 1.82) is 0 Å². The van der Waals surface area contributed by atoms with Gasteiger partial charge in [-0.05, 0) is 73.2 Å². The molecule has 0 aliphatic rings. The van der Waals surface area contributed by atoms with Crippen molar-refractivity contribution in [2.45, 2.75) is 6.92 Å². The van der Waals surface area contributed by atoms with Gasteiger partial charge in [0.1, 0.15) is 5.75 Å². The van der Waals surface area contributed by atoms with Gasteiger partial charge in [0.15, 0.2) is 11.5 Å². The van der Waals surface area contributed by atoms with E-state index in [-0.39, 0.29) is 10.8 Å². The lowest BCUT2D eigenvalue weighted by atomic mass is 10.2. The molecule has 36 heavy (non-hydrogen) atoms. The average Bonchev–Trinajstić information content (AvgIpc) is 2.87. The molecule has 2 N–H and O–H groups in total. The van der Waals surface area contributed by atoms with Gasteiger partial charge in [-0.15, -0.1) is 0 Å². The first kappa shape index (κ1) is 26.5. The Labute approximate surface area is 216 Å². The minimum Gasteiger partial charge on any atom is -0.497 e. The van der Waals surface area contributed by atoms with Gasteiger partial charge in [0.05, 0.1) is 35.5 Å². The van der Waals surface area contributed by atoms with Gasteiger partial charge in [0.2, 0.25) is 0 Å². The molecule has 0 atom stereocenters. The van der Waals surface area contributed by atoms with Crippen molar-refractivity contribution in [2.24, 2.45) is 5.10 Å². The van der Waals surface area contributed by atoms with Gasteiger partial charge in [-0.2, -0.15) is 5.10 Å². The Morgan fingerprint density at radius 1 is 0.917 bits per heavy atom. The van der Waals surface area contributed by atoms with E-state index < -0.39 is 17.8 Å². The molecule has 0 spiro atoms. The number of nitrogens with zero attached hydrogens (tertiary/aromatic N) is 1. The van der Waals surface area contributed by atoms with Crippen LogP contribution in [0.5, 0.6) is 17.2 Å². The van der Waals surface area contributed by atoms with Crippen molar-refractivity contribution in [1.82, 2.24) is 5.43 Å². The molecule has 3 rings (SSSR count). The highest BCUT2D eigenvalue weighted by atomic mass is 35.5. The summed E-state index contributed by atoms with van der Waals surface area (Å²) in [6.07, 6.45) is 1.31. The van der Waals surface area contributed by atoms with Crippen LogP contribution in [0.1, 0.15) is 22.8 Å². The third-order valence-corrected chi connectivity index (χ3v) is 5.30. The van der Waals surface area contributed by atoms with Crippen LogP contribution in [-0.4, -0.2) is 37.7 Å². The monoisotopic (exact) mass is 529 g/mol. The highest BCUT2D eigenvalue weighted by Crippen LogP contribution is 2.29. The quantitative estimate of drug-likeness (QED) is 0.143. The predicted octanol–water partition coefficient (Wildman–Crippen LogP) is 4.71. The number of nitrogens with one attached hydrogen (secondary N) is 2. The van der Waals surface area contributed by atoms with E-state index in [9.17, 15) is 14.4 Å². The fraction of sp³-hybridized carbons (Fsp3) is 0.120. The summed E-state index contributed by atoms with van der Waals surface area (Å²) in [5, 5.41) is 6.72. The van der Waals surface area contributed by atoms with Gasteiger partial charge in [-0.25, -0.2) is 10.2 Å². The maximum atomic E-state index is 12.5. The van der Waals surface area contributed by atoms with Crippen molar-refractivity contribution in [3.05, 3.63) is 81.8 Å². The van der Waals surface area contributed by atoms with Gasteiger partial charge in [-0.1, -0.05) is 23.2 Å². The fourth-order valence-electron chi connectivity index (χ4n) is 2.82. The average molecular weight is 530 g/mol. The van der Waals surface area contributed by atoms with Gasteiger partial charge >= 0.3 is 17.8 Å². The van der Waals surface area contributed by atoms with Gasteiger partial charge < -0.3 is 19.5 Å². The number of halogens is 2. The summed E-state index contributed by atoms with van der Waals surface area (Å²) in [4.78, 5) is 36.6. The van der Waals surface area contributed by atoms with Crippen LogP contribution in [0.2, 0.25) is 10.0 Å². The highest BCUT2D eigenvalue weighted by molar-refractivity contribution is 6.43. The number of methoxy groups -OCH3 is 1. The molecule has 0 aliphatic carbocycles. The van der Waals surface area contributed by atoms with Crippen LogP contribution in [0, 0.1) is 0 Å². The molecule has 11 heteroatoms. The van der Waals surface area contributed by atoms with Crippen LogP contribution < -0.4 is 25.0 Å². The molecule has 3 aromatic carbocycles. The number of hydrogen-bond acceptors (Lipinski definition) is 7. The molecular weight excluding hydrogens is 509 g/mol. The van der Waals surface area contributed by atoms with Crippen LogP contribution in [0.25, 0.3) is 0 Å². The van der Waals surface area contributed by atoms with E-state index in [1.807, 2.05) is 0 Å². The van der Waals surface area contributed by atoms with E-state index in [0.717, 1.165) is 0 Å². The molecule has 0 bridgehead atoms. The summed E-state index contributed by atoms with van der Waals surface area (Å²) in [5.74, 6) is -1.38. The summed E-state index contributed by atoms with van der Waals surface area (Å²) >= 11 is 11.7. The molecule has 0 unspecified atom stereocenters. The molecule has 0 saturated heterocycles. The zero-order valence-electron chi connectivity index (χ0n) is 19.2. The van der Waals surface area contributed by atoms with Crippen molar-refractivity contribution >= 4 is 52.9 Å². The molecule has 0 fully saturated rings. The number of rotatable bonds is 8. The van der Waals surface area contributed by atoms with Crippen molar-refractivity contribution in [2.75, 3.05) is 19.0 Å². The predicted molar refractivity (Wildman–Crippen MR) is 136 cm³/mol. The zero-order valence-corrected chi connectivity index (χ0v) is 20.7. The number of anilines is 1. The number of carbonyl (C=O) groups excluding carboxylic acids is 3. The molecule has 0 heterocycles. The maximum absolute atomic E-state index is 12.5. The summed E-state index contributed by atoms with van der Waals surface area (Å²) in [6, 6.07) is 15.6. The lowest BCUT2D eigenvalue weighted by Crippen LogP contribution is -2.32. The number of esters is 1. The maximum Gasteiger partial charge on any atom is 0.343 e. The second-order valence-corrected chi connectivity index (χ2v) is 7.85. The first-order valence-electron chi connectivity index (χ1n) is 10.5. The lowest BCUT2D eigenvalue weighted by Gasteiger charge is -2.11. The minimum absolute atomic E-state index is 0.208. The normalized spacial score (nSPS) is 10.6. The minimum atomic E-state index is -0.993. The second kappa shape index (κ2) is 12.6. The molecule has 0 saturated carbocycles. The molecule has 186 valence electrons. The Kier molecular flexibility index (Phi) is 9.26. The van der Waals surface area contributed by atoms with Crippen molar-refractivity contribution in [3.63, 3.8) is 0 Å². The number of ether oxygens (including phenoxy) is 3. The zero-order chi connectivity index (χ0) is 26.1. The topological polar surface area (TPSA) is 115 Å². The summed E-state index contributed by atoms with van der Waals surface area (Å²) in [5.41, 5.74) is 3.29. The Morgan fingerprint density at radius 2 is 1.67 bits per heavy atom. The third kappa shape index (κ3) is 7.21. The summed E-state index contributed by atoms with van der Waals surface area (Å²) < 4.78 is 16.1. The fourth-order valence-corrected chi connectivity index (χ4v) is 3.12. The molecule has 0 radical (unpaired) electrons. The van der Waals surface area contributed by atoms with E-state index in [2.05, 4.69) is 15.8 Å². The standard InChI is InChI=1S/C25H21Cl2N3O6/c1-3-35-22-12-15(4-11-21(22)36-25(33)16-5-8-18(34-2)9-6-16)14-28-30-24(32)23(31)29-17-7-10-19(26)20(27)13-17/h4-14H,3H2,1-2H3,(H,29,31)(H,30,32)/b28-14-. The van der Waals surface area contributed by atoms with E-state index >= 15 is 0 Å². The third-order valence-electron chi connectivity index (χ3n) is 4.56. The molecule has 9 nitrogen and oxygen atoms in total. The number of carbonyl (C=O) groups is 3. The highest BCUT2D eigenvalue weighted by Gasteiger charge is 2.15. The first-order valence-corrected chi connectivity index (χ1v) is 11.3. The molecule has 0 aromatic heterocycles. The SMILES string of the molecule is CCOc1cc(/C=N\NC(=O)C(=O)Nc2ccc(Cl)c(Cl)c2)ccc1OC(=O)c1ccc(OC)cc1. The van der Waals surface area contributed by atoms with E-state index in [0.29, 0.717) is 39.9 Å². The smallest absolute Gasteiger partial charge is 0.343 e. The molecule has 2 amide bonds. The van der Waals surface area contributed by atoms with Gasteiger partial charge in [-0.3, -0.25) is 9.59 Å². The van der Waals surface area contributed by atoms with E-state index in [1.165, 1.54) is 37.6 Å². The van der Waals surface area contributed by atoms with Crippen molar-refractivity contribution < 1.29 is 28.6 Å². The molecule has 3 aromatic rings. The Bertz CT molecular complexity index is 1300. The summed E-state index contributed by atoms with van der Waals surface area (Å²) in [6.45, 7) is 2.10. The van der Waals surface area contributed by atoms with Crippen LogP contribution in [0.15, 0.2) is 65.8 Å². The van der Waals surface area contributed by atoms with Crippen LogP contribution >= 0.6 is 23.2 Å². The van der Waals surface area contributed by atoms with Crippen LogP contribution in [-0.2, 0) is 9.59 Å². The van der Waals surface area contributed by atoms with Crippen molar-refractivity contribution in [3.8, 4) is 17.2 Å². The van der Waals surface area contributed by atoms with Gasteiger partial charge in [0, 0.05) is 5.69 Å². The second-order valence-electron chi connectivity index (χ2n) is 7.04. The van der Waals surface area contributed by atoms with E-state index in [4.69, 9.17) is 37.4 Å². The van der Waals surface area contributed by atoms with Crippen LogP contribution in [0.3, 0.4) is 0 Å². The molecular formula is C25H21Cl2N3O6. The number of benzene rings is 3. The van der Waals surface area contributed by atoms with E-state index in [1.54, 1.807) is 43.3 Å². The van der Waals surface area contributed by atoms with Crippen LogP contribution in [0.4, 0.5) is 5.69 Å². The van der Waals surface area contributed by atoms with Gasteiger partial charge in [0.25, 0.3) is 0 Å². The first-order chi connectivity index (χ1) is 17.3. The Hall–Kier alpha value is -4.08. The largest absolute Gasteiger partial charge is 0.497 e. The Morgan fingerprint density at radius 3 is 2.33 bits per heavy atom. The summed E-state index contributed by atoms with van der Waals surface area (Å²) in [7, 11) is 1.53. The number of hydrazone groups is 1. The number of hydrogen-bond donors (Lipinski definition) is 2. The lowest BCUT2D eigenvalue weighted by molar-refractivity contribution is -0.136. The number of amides is 2. The molecule has 0 aliphatic heterocycles. The Balaban J connectivity index is 1.63.